The minimum Gasteiger partial charge on any atom is -0.303 e. The molecule has 0 spiro atoms. The summed E-state index contributed by atoms with van der Waals surface area (Å²) in [6.07, 6.45) is 1.59. The predicted molar refractivity (Wildman–Crippen MR) is 116 cm³/mol. The lowest BCUT2D eigenvalue weighted by molar-refractivity contribution is -0.107. The van der Waals surface area contributed by atoms with E-state index in [0.29, 0.717) is 12.8 Å². The molecular formula is C23H12O5S. The number of hydrogen-bond acceptors (Lipinski definition) is 6. The van der Waals surface area contributed by atoms with Gasteiger partial charge in [-0.05, 0) is 18.1 Å². The molecule has 0 bridgehead atoms. The molecule has 0 amide bonds. The van der Waals surface area contributed by atoms with E-state index < -0.39 is 10.9 Å². The van der Waals surface area contributed by atoms with Gasteiger partial charge in [0.05, 0.1) is 20.2 Å². The summed E-state index contributed by atoms with van der Waals surface area (Å²) >= 11 is 0.915. The topological polar surface area (TPSA) is 85.3 Å². The van der Waals surface area contributed by atoms with E-state index in [4.69, 9.17) is 0 Å². The van der Waals surface area contributed by atoms with Crippen LogP contribution in [0.1, 0.15) is 12.0 Å². The third kappa shape index (κ3) is 2.36. The maximum atomic E-state index is 13.2. The zero-order valence-electron chi connectivity index (χ0n) is 15.0. The first kappa shape index (κ1) is 17.6. The molecule has 6 heteroatoms. The molecule has 0 saturated carbocycles. The van der Waals surface area contributed by atoms with Crippen LogP contribution in [-0.4, -0.2) is 6.29 Å². The summed E-state index contributed by atoms with van der Waals surface area (Å²) in [5.41, 5.74) is -0.756. The average Bonchev–Trinajstić information content (AvgIpc) is 3.16. The zero-order valence-corrected chi connectivity index (χ0v) is 15.8. The average molecular weight is 400 g/mol. The Morgan fingerprint density at radius 2 is 1.24 bits per heavy atom. The second-order valence-electron chi connectivity index (χ2n) is 6.96. The number of fused-ring (bicyclic) bond motifs is 5. The number of aryl methyl sites for hydroxylation is 1. The van der Waals surface area contributed by atoms with Crippen LogP contribution < -0.4 is 21.7 Å². The van der Waals surface area contributed by atoms with Crippen LogP contribution in [0.5, 0.6) is 0 Å². The molecule has 0 N–H and O–H groups in total. The fourth-order valence-corrected chi connectivity index (χ4v) is 5.14. The van der Waals surface area contributed by atoms with E-state index in [-0.39, 0.29) is 52.6 Å². The van der Waals surface area contributed by atoms with Gasteiger partial charge in [-0.15, -0.1) is 11.3 Å². The third-order valence-electron chi connectivity index (χ3n) is 5.32. The number of carbonyl (C=O) groups is 1. The molecule has 1 aromatic heterocycles. The Labute approximate surface area is 166 Å². The highest BCUT2D eigenvalue weighted by Gasteiger charge is 2.21. The van der Waals surface area contributed by atoms with E-state index in [1.165, 1.54) is 0 Å². The molecule has 5 nitrogen and oxygen atoms in total. The van der Waals surface area contributed by atoms with Gasteiger partial charge >= 0.3 is 0 Å². The van der Waals surface area contributed by atoms with Crippen molar-refractivity contribution in [1.82, 2.24) is 0 Å². The second kappa shape index (κ2) is 6.25. The number of carbonyl (C=O) groups excluding carboxylic acids is 1. The molecule has 4 aromatic carbocycles. The van der Waals surface area contributed by atoms with Crippen molar-refractivity contribution in [3.63, 3.8) is 0 Å². The summed E-state index contributed by atoms with van der Waals surface area (Å²) in [6.45, 7) is 0. The van der Waals surface area contributed by atoms with Crippen molar-refractivity contribution in [2.45, 2.75) is 12.8 Å². The highest BCUT2D eigenvalue weighted by atomic mass is 32.1. The summed E-state index contributed by atoms with van der Waals surface area (Å²) < 4.78 is 0.281. The first-order valence-corrected chi connectivity index (χ1v) is 9.85. The van der Waals surface area contributed by atoms with E-state index in [1.54, 1.807) is 42.5 Å². The van der Waals surface area contributed by atoms with Gasteiger partial charge in [0.1, 0.15) is 6.29 Å². The summed E-state index contributed by atoms with van der Waals surface area (Å²) in [6, 6.07) is 11.4. The van der Waals surface area contributed by atoms with E-state index in [1.807, 2.05) is 0 Å². The summed E-state index contributed by atoms with van der Waals surface area (Å²) in [7, 11) is 0. The summed E-state index contributed by atoms with van der Waals surface area (Å²) in [4.78, 5) is 63.0. The molecule has 0 atom stereocenters. The van der Waals surface area contributed by atoms with Crippen molar-refractivity contribution in [3.8, 4) is 0 Å². The van der Waals surface area contributed by atoms with Crippen molar-refractivity contribution >= 4 is 59.3 Å². The Morgan fingerprint density at radius 3 is 1.86 bits per heavy atom. The fourth-order valence-electron chi connectivity index (χ4n) is 3.94. The van der Waals surface area contributed by atoms with Crippen LogP contribution in [0.3, 0.4) is 0 Å². The minimum absolute atomic E-state index is 0.0380. The SMILES string of the molecule is O=CCCc1ccc2c(=O)c3c(sc4c(=O)c5ccccc5c(=O)c43)c(=O)c2c1. The van der Waals surface area contributed by atoms with E-state index >= 15 is 0 Å². The van der Waals surface area contributed by atoms with Crippen LogP contribution in [0.4, 0.5) is 0 Å². The summed E-state index contributed by atoms with van der Waals surface area (Å²) in [5.74, 6) is 0. The lowest BCUT2D eigenvalue weighted by Gasteiger charge is -2.02. The van der Waals surface area contributed by atoms with Gasteiger partial charge in [-0.1, -0.05) is 36.4 Å². The minimum atomic E-state index is -0.422. The van der Waals surface area contributed by atoms with Gasteiger partial charge in [0, 0.05) is 28.0 Å². The van der Waals surface area contributed by atoms with Gasteiger partial charge in [0.25, 0.3) is 0 Å². The lowest BCUT2D eigenvalue weighted by atomic mass is 9.99. The van der Waals surface area contributed by atoms with Gasteiger partial charge in [-0.25, -0.2) is 0 Å². The first-order chi connectivity index (χ1) is 14.0. The van der Waals surface area contributed by atoms with Crippen LogP contribution in [-0.2, 0) is 11.2 Å². The quantitative estimate of drug-likeness (QED) is 0.435. The molecule has 140 valence electrons. The van der Waals surface area contributed by atoms with Crippen LogP contribution in [0.25, 0.3) is 41.7 Å². The lowest BCUT2D eigenvalue weighted by Crippen LogP contribution is -2.15. The van der Waals surface area contributed by atoms with Gasteiger partial charge < -0.3 is 4.79 Å². The molecule has 0 saturated heterocycles. The molecule has 0 radical (unpaired) electrons. The first-order valence-electron chi connectivity index (χ1n) is 9.04. The van der Waals surface area contributed by atoms with Gasteiger partial charge in [-0.3, -0.25) is 19.2 Å². The second-order valence-corrected chi connectivity index (χ2v) is 7.98. The summed E-state index contributed by atoms with van der Waals surface area (Å²) in [5, 5.41) is 1.09. The van der Waals surface area contributed by atoms with Crippen LogP contribution in [0.2, 0.25) is 0 Å². The van der Waals surface area contributed by atoms with Gasteiger partial charge in [0.15, 0.2) is 10.9 Å². The van der Waals surface area contributed by atoms with Crippen molar-refractivity contribution in [2.24, 2.45) is 0 Å². The molecule has 0 unspecified atom stereocenters. The Balaban J connectivity index is 2.02. The van der Waals surface area contributed by atoms with Crippen LogP contribution in [0, 0.1) is 0 Å². The molecule has 1 heterocycles. The van der Waals surface area contributed by atoms with Crippen molar-refractivity contribution in [1.29, 1.82) is 0 Å². The van der Waals surface area contributed by atoms with Gasteiger partial charge in [-0.2, -0.15) is 0 Å². The van der Waals surface area contributed by atoms with Crippen LogP contribution >= 0.6 is 11.3 Å². The maximum absolute atomic E-state index is 13.2. The van der Waals surface area contributed by atoms with Crippen molar-refractivity contribution in [2.75, 3.05) is 0 Å². The Morgan fingerprint density at radius 1 is 0.690 bits per heavy atom. The Bertz CT molecular complexity index is 1700. The number of aldehydes is 1. The maximum Gasteiger partial charge on any atom is 0.204 e. The molecule has 0 aliphatic carbocycles. The largest absolute Gasteiger partial charge is 0.303 e. The smallest absolute Gasteiger partial charge is 0.204 e. The molecule has 29 heavy (non-hydrogen) atoms. The van der Waals surface area contributed by atoms with Gasteiger partial charge in [0.2, 0.25) is 10.9 Å². The molecular weight excluding hydrogens is 388 g/mol. The predicted octanol–water partition coefficient (Wildman–Crippen LogP) is 2.81. The highest BCUT2D eigenvalue weighted by Crippen LogP contribution is 2.29. The highest BCUT2D eigenvalue weighted by molar-refractivity contribution is 7.25. The third-order valence-corrected chi connectivity index (χ3v) is 6.50. The molecule has 0 aliphatic rings. The van der Waals surface area contributed by atoms with Crippen LogP contribution in [0.15, 0.2) is 61.6 Å². The van der Waals surface area contributed by atoms with Crippen molar-refractivity contribution < 1.29 is 4.79 Å². The molecule has 0 fully saturated rings. The van der Waals surface area contributed by atoms with Crippen molar-refractivity contribution in [3.05, 3.63) is 88.9 Å². The number of rotatable bonds is 3. The molecule has 5 rings (SSSR count). The van der Waals surface area contributed by atoms with E-state index in [0.717, 1.165) is 23.2 Å². The number of benzene rings is 4. The number of thiophene rings is 1. The Kier molecular flexibility index (Phi) is 3.79. The molecule has 0 aliphatic heterocycles. The number of hydrogen-bond donors (Lipinski definition) is 0. The fraction of sp³-hybridized carbons (Fsp3) is 0.0870. The zero-order chi connectivity index (χ0) is 20.3. The molecule has 5 aromatic rings. The van der Waals surface area contributed by atoms with E-state index in [2.05, 4.69) is 0 Å². The normalized spacial score (nSPS) is 11.7. The standard InChI is InChI=1S/C23H12O5S/c24-9-3-4-11-7-8-14-15(10-11)21(28)23-17(19(14)26)16-18(25)12-5-1-2-6-13(12)20(27)22(16)29-23/h1-2,5-10H,3-4H2. The Hall–Kier alpha value is -3.51. The monoisotopic (exact) mass is 400 g/mol. The van der Waals surface area contributed by atoms with E-state index in [9.17, 15) is 24.0 Å².